The van der Waals surface area contributed by atoms with E-state index in [2.05, 4.69) is 30.6 Å². The number of imidazole rings is 1. The van der Waals surface area contributed by atoms with Crippen molar-refractivity contribution in [3.8, 4) is 0 Å². The summed E-state index contributed by atoms with van der Waals surface area (Å²) < 4.78 is 0. The minimum atomic E-state index is -0.346. The Balaban J connectivity index is 1.57. The highest BCUT2D eigenvalue weighted by Gasteiger charge is 2.09. The van der Waals surface area contributed by atoms with Crippen LogP contribution >= 0.6 is 11.6 Å². The minimum absolute atomic E-state index is 0.346. The monoisotopic (exact) mass is 316 g/mol. The van der Waals surface area contributed by atoms with Crippen LogP contribution in [-0.2, 0) is 6.42 Å². The standard InChI is InChI=1S/C14H13ClN6O/c15-10-4-2-1-3-9(10)5-6-16-14(22)21-13-11-12(18-7-17-11)19-8-20-13/h1-4,7-8H,5-6H2,(H3,16,17,18,19,20,21,22). The van der Waals surface area contributed by atoms with Crippen molar-refractivity contribution in [2.45, 2.75) is 6.42 Å². The SMILES string of the molecule is O=C(NCCc1ccccc1Cl)Nc1ncnc2nc[nH]c12. The van der Waals surface area contributed by atoms with E-state index < -0.39 is 0 Å². The highest BCUT2D eigenvalue weighted by molar-refractivity contribution is 6.31. The van der Waals surface area contributed by atoms with Gasteiger partial charge in [0.15, 0.2) is 11.5 Å². The maximum atomic E-state index is 11.9. The van der Waals surface area contributed by atoms with Gasteiger partial charge in [0, 0.05) is 11.6 Å². The molecule has 0 aliphatic heterocycles. The van der Waals surface area contributed by atoms with Gasteiger partial charge in [-0.15, -0.1) is 0 Å². The predicted octanol–water partition coefficient (Wildman–Crippen LogP) is 2.37. The van der Waals surface area contributed by atoms with Crippen LogP contribution in [0.25, 0.3) is 11.2 Å². The molecule has 2 aromatic heterocycles. The van der Waals surface area contributed by atoms with Crippen LogP contribution in [0.2, 0.25) is 5.02 Å². The lowest BCUT2D eigenvalue weighted by Crippen LogP contribution is -2.30. The number of carbonyl (C=O) groups excluding carboxylic acids is 1. The number of aromatic amines is 1. The Hall–Kier alpha value is -2.67. The lowest BCUT2D eigenvalue weighted by atomic mass is 10.1. The number of fused-ring (bicyclic) bond motifs is 1. The second kappa shape index (κ2) is 6.40. The number of H-pyrrole nitrogens is 1. The van der Waals surface area contributed by atoms with Crippen molar-refractivity contribution in [1.29, 1.82) is 0 Å². The molecule has 22 heavy (non-hydrogen) atoms. The number of hydrogen-bond acceptors (Lipinski definition) is 4. The largest absolute Gasteiger partial charge is 0.340 e. The summed E-state index contributed by atoms with van der Waals surface area (Å²) in [6.07, 6.45) is 3.50. The summed E-state index contributed by atoms with van der Waals surface area (Å²) >= 11 is 6.07. The third kappa shape index (κ3) is 3.15. The first kappa shape index (κ1) is 14.3. The fraction of sp³-hybridized carbons (Fsp3) is 0.143. The van der Waals surface area contributed by atoms with Crippen molar-refractivity contribution >= 4 is 34.6 Å². The number of amides is 2. The lowest BCUT2D eigenvalue weighted by molar-refractivity contribution is 0.252. The van der Waals surface area contributed by atoms with Crippen LogP contribution in [0.5, 0.6) is 0 Å². The van der Waals surface area contributed by atoms with Gasteiger partial charge in [0.25, 0.3) is 0 Å². The van der Waals surface area contributed by atoms with Gasteiger partial charge in [-0.05, 0) is 18.1 Å². The van der Waals surface area contributed by atoms with Gasteiger partial charge < -0.3 is 10.3 Å². The molecule has 3 N–H and O–H groups in total. The normalized spacial score (nSPS) is 10.6. The molecule has 8 heteroatoms. The number of hydrogen-bond donors (Lipinski definition) is 3. The zero-order valence-corrected chi connectivity index (χ0v) is 12.3. The lowest BCUT2D eigenvalue weighted by Gasteiger charge is -2.08. The Kier molecular flexibility index (Phi) is 4.15. The summed E-state index contributed by atoms with van der Waals surface area (Å²) in [7, 11) is 0. The van der Waals surface area contributed by atoms with E-state index in [1.807, 2.05) is 24.3 Å². The molecule has 0 saturated carbocycles. The quantitative estimate of drug-likeness (QED) is 0.688. The third-order valence-electron chi connectivity index (χ3n) is 3.09. The maximum Gasteiger partial charge on any atom is 0.320 e. The van der Waals surface area contributed by atoms with Crippen LogP contribution in [0, 0.1) is 0 Å². The predicted molar refractivity (Wildman–Crippen MR) is 83.9 cm³/mol. The first-order chi connectivity index (χ1) is 10.7. The van der Waals surface area contributed by atoms with E-state index in [0.717, 1.165) is 5.56 Å². The van der Waals surface area contributed by atoms with E-state index in [-0.39, 0.29) is 6.03 Å². The number of carbonyl (C=O) groups is 1. The molecule has 0 bridgehead atoms. The molecule has 7 nitrogen and oxygen atoms in total. The molecule has 0 atom stereocenters. The Morgan fingerprint density at radius 3 is 2.95 bits per heavy atom. The Bertz CT molecular complexity index is 803. The molecule has 3 rings (SSSR count). The molecule has 2 amide bonds. The number of anilines is 1. The molecule has 1 aromatic carbocycles. The number of halogens is 1. The molecule has 112 valence electrons. The molecule has 0 aliphatic rings. The van der Waals surface area contributed by atoms with E-state index in [0.29, 0.717) is 35.0 Å². The van der Waals surface area contributed by atoms with Gasteiger partial charge in [0.05, 0.1) is 6.33 Å². The van der Waals surface area contributed by atoms with Gasteiger partial charge in [0.2, 0.25) is 0 Å². The summed E-state index contributed by atoms with van der Waals surface area (Å²) in [5.41, 5.74) is 2.08. The topological polar surface area (TPSA) is 95.6 Å². The minimum Gasteiger partial charge on any atom is -0.340 e. The number of benzene rings is 1. The Labute approximate surface area is 131 Å². The van der Waals surface area contributed by atoms with Gasteiger partial charge in [-0.25, -0.2) is 19.7 Å². The summed E-state index contributed by atoms with van der Waals surface area (Å²) in [6.45, 7) is 0.465. The van der Waals surface area contributed by atoms with Gasteiger partial charge in [-0.2, -0.15) is 0 Å². The zero-order valence-electron chi connectivity index (χ0n) is 11.5. The van der Waals surface area contributed by atoms with Crippen LogP contribution in [0.4, 0.5) is 10.6 Å². The van der Waals surface area contributed by atoms with Crippen molar-refractivity contribution in [1.82, 2.24) is 25.3 Å². The fourth-order valence-electron chi connectivity index (χ4n) is 2.02. The summed E-state index contributed by atoms with van der Waals surface area (Å²) in [5.74, 6) is 0.387. The van der Waals surface area contributed by atoms with E-state index in [9.17, 15) is 4.79 Å². The third-order valence-corrected chi connectivity index (χ3v) is 3.46. The van der Waals surface area contributed by atoms with Crippen LogP contribution in [0.1, 0.15) is 5.56 Å². The molecule has 0 saturated heterocycles. The smallest absolute Gasteiger partial charge is 0.320 e. The van der Waals surface area contributed by atoms with Crippen LogP contribution in [0.3, 0.4) is 0 Å². The van der Waals surface area contributed by atoms with Crippen molar-refractivity contribution in [2.24, 2.45) is 0 Å². The van der Waals surface area contributed by atoms with Gasteiger partial charge in [0.1, 0.15) is 11.8 Å². The molecule has 0 radical (unpaired) electrons. The van der Waals surface area contributed by atoms with Crippen molar-refractivity contribution < 1.29 is 4.79 Å². The molecule has 0 spiro atoms. The average molecular weight is 317 g/mol. The second-order valence-corrected chi connectivity index (χ2v) is 4.95. The first-order valence-electron chi connectivity index (χ1n) is 6.66. The first-order valence-corrected chi connectivity index (χ1v) is 7.04. The van der Waals surface area contributed by atoms with E-state index in [1.165, 1.54) is 12.7 Å². The average Bonchev–Trinajstić information content (AvgIpc) is 2.99. The Morgan fingerprint density at radius 1 is 1.23 bits per heavy atom. The molecule has 2 heterocycles. The van der Waals surface area contributed by atoms with Crippen molar-refractivity contribution in [3.63, 3.8) is 0 Å². The van der Waals surface area contributed by atoms with Crippen molar-refractivity contribution in [3.05, 3.63) is 47.5 Å². The van der Waals surface area contributed by atoms with Crippen LogP contribution in [-0.4, -0.2) is 32.5 Å². The van der Waals surface area contributed by atoms with Gasteiger partial charge in [-0.3, -0.25) is 5.32 Å². The number of aromatic nitrogens is 4. The Morgan fingerprint density at radius 2 is 2.09 bits per heavy atom. The highest BCUT2D eigenvalue weighted by Crippen LogP contribution is 2.15. The van der Waals surface area contributed by atoms with Crippen LogP contribution < -0.4 is 10.6 Å². The van der Waals surface area contributed by atoms with Crippen LogP contribution in [0.15, 0.2) is 36.9 Å². The molecular formula is C14H13ClN6O. The highest BCUT2D eigenvalue weighted by atomic mass is 35.5. The maximum absolute atomic E-state index is 11.9. The number of nitrogens with zero attached hydrogens (tertiary/aromatic N) is 3. The van der Waals surface area contributed by atoms with E-state index in [4.69, 9.17) is 11.6 Å². The molecule has 0 fully saturated rings. The number of nitrogens with one attached hydrogen (secondary N) is 3. The van der Waals surface area contributed by atoms with Crippen molar-refractivity contribution in [2.75, 3.05) is 11.9 Å². The number of urea groups is 1. The molecular weight excluding hydrogens is 304 g/mol. The summed E-state index contributed by atoms with van der Waals surface area (Å²) in [4.78, 5) is 26.8. The molecule has 3 aromatic rings. The van der Waals surface area contributed by atoms with Gasteiger partial charge in [-0.1, -0.05) is 29.8 Å². The second-order valence-electron chi connectivity index (χ2n) is 4.55. The van der Waals surface area contributed by atoms with Gasteiger partial charge >= 0.3 is 6.03 Å². The summed E-state index contributed by atoms with van der Waals surface area (Å²) in [6, 6.07) is 7.20. The fourth-order valence-corrected chi connectivity index (χ4v) is 2.25. The number of rotatable bonds is 4. The zero-order chi connectivity index (χ0) is 15.4. The molecule has 0 unspecified atom stereocenters. The van der Waals surface area contributed by atoms with E-state index in [1.54, 1.807) is 0 Å². The van der Waals surface area contributed by atoms with E-state index >= 15 is 0 Å². The molecule has 0 aliphatic carbocycles. The summed E-state index contributed by atoms with van der Waals surface area (Å²) in [5, 5.41) is 6.12.